The van der Waals surface area contributed by atoms with E-state index in [1.54, 1.807) is 29.8 Å². The van der Waals surface area contributed by atoms with E-state index in [-0.39, 0.29) is 11.1 Å². The van der Waals surface area contributed by atoms with Crippen molar-refractivity contribution in [2.75, 3.05) is 11.9 Å². The number of anilines is 1. The normalized spacial score (nSPS) is 12.0. The molecule has 3 heterocycles. The van der Waals surface area contributed by atoms with Crippen LogP contribution in [0.1, 0.15) is 12.6 Å². The van der Waals surface area contributed by atoms with Gasteiger partial charge in [0, 0.05) is 37.1 Å². The number of aryl methyl sites for hydroxylation is 1. The highest BCUT2D eigenvalue weighted by Gasteiger charge is 2.32. The van der Waals surface area contributed by atoms with Crippen molar-refractivity contribution in [2.24, 2.45) is 7.05 Å². The second-order valence-electron chi connectivity index (χ2n) is 6.35. The molecule has 0 radical (unpaired) electrons. The molecule has 0 aliphatic carbocycles. The Kier molecular flexibility index (Phi) is 4.10. The summed E-state index contributed by atoms with van der Waals surface area (Å²) in [4.78, 5) is 16.1. The van der Waals surface area contributed by atoms with Gasteiger partial charge in [0.25, 0.3) is 5.56 Å². The van der Waals surface area contributed by atoms with Crippen molar-refractivity contribution in [3.05, 3.63) is 58.6 Å². The van der Waals surface area contributed by atoms with Gasteiger partial charge in [0.1, 0.15) is 11.3 Å². The summed E-state index contributed by atoms with van der Waals surface area (Å²) in [6.07, 6.45) is -3.45. The molecule has 0 amide bonds. The minimum Gasteiger partial charge on any atom is -0.385 e. The minimum atomic E-state index is -4.54. The summed E-state index contributed by atoms with van der Waals surface area (Å²) in [5.74, 6) is 0. The van der Waals surface area contributed by atoms with Crippen molar-refractivity contribution in [3.8, 4) is 11.3 Å². The molecule has 0 unspecified atom stereocenters. The molecule has 0 aliphatic rings. The van der Waals surface area contributed by atoms with Gasteiger partial charge in [-0.15, -0.1) is 0 Å². The van der Waals surface area contributed by atoms with Crippen LogP contribution < -0.4 is 10.9 Å². The monoisotopic (exact) mass is 387 g/mol. The topological polar surface area (TPSA) is 64.2 Å². The first kappa shape index (κ1) is 18.0. The summed E-state index contributed by atoms with van der Waals surface area (Å²) in [6.45, 7) is 2.67. The SMILES string of the molecule is CCNc1ccc2c(c1)c(=O)n(C)c1cc(-c3ccnc(C(F)(F)F)c3)nn21. The van der Waals surface area contributed by atoms with Crippen LogP contribution in [0.25, 0.3) is 27.8 Å². The summed E-state index contributed by atoms with van der Waals surface area (Å²) < 4.78 is 41.9. The fourth-order valence-electron chi connectivity index (χ4n) is 3.16. The molecule has 0 bridgehead atoms. The summed E-state index contributed by atoms with van der Waals surface area (Å²) in [7, 11) is 1.61. The van der Waals surface area contributed by atoms with Crippen LogP contribution in [-0.2, 0) is 13.2 Å². The Bertz CT molecular complexity index is 1260. The number of fused-ring (bicyclic) bond motifs is 3. The fourth-order valence-corrected chi connectivity index (χ4v) is 3.16. The lowest BCUT2D eigenvalue weighted by atomic mass is 10.1. The summed E-state index contributed by atoms with van der Waals surface area (Å²) in [5.41, 5.74) is 1.27. The van der Waals surface area contributed by atoms with E-state index in [2.05, 4.69) is 15.4 Å². The number of hydrogen-bond acceptors (Lipinski definition) is 4. The molecular formula is C19H16F3N5O. The zero-order valence-corrected chi connectivity index (χ0v) is 15.1. The third kappa shape index (κ3) is 2.88. The average Bonchev–Trinajstić information content (AvgIpc) is 3.11. The van der Waals surface area contributed by atoms with Gasteiger partial charge in [0.05, 0.1) is 16.6 Å². The number of rotatable bonds is 3. The van der Waals surface area contributed by atoms with E-state index >= 15 is 0 Å². The molecular weight excluding hydrogens is 371 g/mol. The van der Waals surface area contributed by atoms with Gasteiger partial charge in [-0.25, -0.2) is 4.52 Å². The smallest absolute Gasteiger partial charge is 0.385 e. The lowest BCUT2D eigenvalue weighted by molar-refractivity contribution is -0.141. The summed E-state index contributed by atoms with van der Waals surface area (Å²) >= 11 is 0. The van der Waals surface area contributed by atoms with Crippen LogP contribution in [0.5, 0.6) is 0 Å². The lowest BCUT2D eigenvalue weighted by Gasteiger charge is -2.08. The van der Waals surface area contributed by atoms with Crippen molar-refractivity contribution >= 4 is 22.2 Å². The Balaban J connectivity index is 1.96. The second kappa shape index (κ2) is 6.36. The van der Waals surface area contributed by atoms with E-state index < -0.39 is 11.9 Å². The maximum Gasteiger partial charge on any atom is 0.433 e. The molecule has 4 rings (SSSR count). The molecule has 9 heteroatoms. The lowest BCUT2D eigenvalue weighted by Crippen LogP contribution is -2.19. The molecule has 1 N–H and O–H groups in total. The number of nitrogens with one attached hydrogen (secondary N) is 1. The quantitative estimate of drug-likeness (QED) is 0.582. The van der Waals surface area contributed by atoms with E-state index in [4.69, 9.17) is 0 Å². The van der Waals surface area contributed by atoms with Gasteiger partial charge in [0.2, 0.25) is 0 Å². The van der Waals surface area contributed by atoms with Crippen molar-refractivity contribution in [1.29, 1.82) is 0 Å². The Labute approximate surface area is 157 Å². The molecule has 4 aromatic rings. The largest absolute Gasteiger partial charge is 0.433 e. The molecule has 144 valence electrons. The van der Waals surface area contributed by atoms with Gasteiger partial charge in [0.15, 0.2) is 0 Å². The molecule has 0 saturated carbocycles. The fraction of sp³-hybridized carbons (Fsp3) is 0.211. The van der Waals surface area contributed by atoms with Crippen LogP contribution in [0.15, 0.2) is 47.4 Å². The van der Waals surface area contributed by atoms with Gasteiger partial charge >= 0.3 is 6.18 Å². The highest BCUT2D eigenvalue weighted by molar-refractivity contribution is 5.84. The van der Waals surface area contributed by atoms with Crippen molar-refractivity contribution < 1.29 is 13.2 Å². The predicted octanol–water partition coefficient (Wildman–Crippen LogP) is 3.70. The first-order valence-corrected chi connectivity index (χ1v) is 8.59. The average molecular weight is 387 g/mol. The van der Waals surface area contributed by atoms with Crippen LogP contribution in [0.4, 0.5) is 18.9 Å². The zero-order chi connectivity index (χ0) is 20.1. The Morgan fingerprint density at radius 1 is 1.14 bits per heavy atom. The van der Waals surface area contributed by atoms with Crippen LogP contribution in [0, 0.1) is 0 Å². The molecule has 0 spiro atoms. The summed E-state index contributed by atoms with van der Waals surface area (Å²) in [6, 6.07) is 9.35. The van der Waals surface area contributed by atoms with E-state index in [1.807, 2.05) is 13.0 Å². The van der Waals surface area contributed by atoms with E-state index in [9.17, 15) is 18.0 Å². The number of hydrogen-bond donors (Lipinski definition) is 1. The van der Waals surface area contributed by atoms with Crippen molar-refractivity contribution in [3.63, 3.8) is 0 Å². The highest BCUT2D eigenvalue weighted by Crippen LogP contribution is 2.30. The molecule has 6 nitrogen and oxygen atoms in total. The molecule has 0 aliphatic heterocycles. The molecule has 28 heavy (non-hydrogen) atoms. The first-order valence-electron chi connectivity index (χ1n) is 8.59. The zero-order valence-electron chi connectivity index (χ0n) is 15.1. The molecule has 1 aromatic carbocycles. The van der Waals surface area contributed by atoms with E-state index in [0.717, 1.165) is 18.0 Å². The van der Waals surface area contributed by atoms with Crippen molar-refractivity contribution in [1.82, 2.24) is 19.2 Å². The van der Waals surface area contributed by atoms with E-state index in [1.165, 1.54) is 10.6 Å². The number of nitrogens with zero attached hydrogens (tertiary/aromatic N) is 4. The minimum absolute atomic E-state index is 0.209. The Morgan fingerprint density at radius 2 is 1.93 bits per heavy atom. The standard InChI is InChI=1S/C19H16F3N5O/c1-3-23-12-4-5-15-13(9-12)18(28)26(2)17-10-14(25-27(15)17)11-6-7-24-16(8-11)19(20,21)22/h4-10,23H,3H2,1-2H3. The number of pyridine rings is 1. The summed E-state index contributed by atoms with van der Waals surface area (Å²) in [5, 5.41) is 8.07. The van der Waals surface area contributed by atoms with Gasteiger partial charge in [-0.2, -0.15) is 18.3 Å². The number of aromatic nitrogens is 4. The Morgan fingerprint density at radius 3 is 2.64 bits per heavy atom. The second-order valence-corrected chi connectivity index (χ2v) is 6.35. The van der Waals surface area contributed by atoms with Gasteiger partial charge in [-0.3, -0.25) is 14.3 Å². The molecule has 0 atom stereocenters. The highest BCUT2D eigenvalue weighted by atomic mass is 19.4. The third-order valence-corrected chi connectivity index (χ3v) is 4.52. The van der Waals surface area contributed by atoms with Crippen LogP contribution >= 0.6 is 0 Å². The van der Waals surface area contributed by atoms with Gasteiger partial charge in [-0.05, 0) is 37.3 Å². The number of benzene rings is 1. The maximum absolute atomic E-state index is 13.0. The van der Waals surface area contributed by atoms with Gasteiger partial charge in [-0.1, -0.05) is 0 Å². The number of halogens is 3. The van der Waals surface area contributed by atoms with Gasteiger partial charge < -0.3 is 5.32 Å². The predicted molar refractivity (Wildman–Crippen MR) is 100 cm³/mol. The van der Waals surface area contributed by atoms with Crippen LogP contribution in [-0.4, -0.2) is 25.7 Å². The van der Waals surface area contributed by atoms with E-state index in [0.29, 0.717) is 28.8 Å². The van der Waals surface area contributed by atoms with Crippen LogP contribution in [0.3, 0.4) is 0 Å². The molecule has 0 saturated heterocycles. The molecule has 3 aromatic heterocycles. The number of alkyl halides is 3. The maximum atomic E-state index is 13.0. The Hall–Kier alpha value is -3.36. The first-order chi connectivity index (χ1) is 13.3. The molecule has 0 fully saturated rings. The third-order valence-electron chi connectivity index (χ3n) is 4.52. The van der Waals surface area contributed by atoms with Crippen LogP contribution in [0.2, 0.25) is 0 Å². The van der Waals surface area contributed by atoms with Crippen molar-refractivity contribution in [2.45, 2.75) is 13.1 Å².